The van der Waals surface area contributed by atoms with Gasteiger partial charge in [-0.25, -0.2) is 0 Å². The topological polar surface area (TPSA) is 41.6 Å². The van der Waals surface area contributed by atoms with E-state index in [-0.39, 0.29) is 12.0 Å². The maximum absolute atomic E-state index is 12.2. The normalized spacial score (nSPS) is 32.4. The van der Waals surface area contributed by atoms with Crippen LogP contribution in [-0.2, 0) is 9.53 Å². The average molecular weight is 254 g/mol. The second kappa shape index (κ2) is 6.53. The molecule has 1 amide bonds. The van der Waals surface area contributed by atoms with Gasteiger partial charge in [-0.1, -0.05) is 13.3 Å². The van der Waals surface area contributed by atoms with Crippen LogP contribution >= 0.6 is 0 Å². The molecule has 2 saturated heterocycles. The van der Waals surface area contributed by atoms with Crippen LogP contribution in [0.2, 0.25) is 0 Å². The number of piperidine rings is 1. The number of likely N-dealkylation sites (N-methyl/N-ethyl adjacent to an activating group) is 1. The molecule has 4 nitrogen and oxygen atoms in total. The lowest BCUT2D eigenvalue weighted by molar-refractivity contribution is -0.141. The van der Waals surface area contributed by atoms with Crippen LogP contribution in [0.5, 0.6) is 0 Å². The summed E-state index contributed by atoms with van der Waals surface area (Å²) in [5.41, 5.74) is 0. The van der Waals surface area contributed by atoms with Crippen LogP contribution in [-0.4, -0.2) is 49.7 Å². The maximum Gasteiger partial charge on any atom is 0.251 e. The molecule has 0 aromatic carbocycles. The van der Waals surface area contributed by atoms with E-state index in [9.17, 15) is 4.79 Å². The van der Waals surface area contributed by atoms with Crippen LogP contribution in [0.3, 0.4) is 0 Å². The maximum atomic E-state index is 12.2. The fourth-order valence-electron chi connectivity index (χ4n) is 2.86. The second-order valence-corrected chi connectivity index (χ2v) is 5.75. The molecule has 0 radical (unpaired) electrons. The van der Waals surface area contributed by atoms with Gasteiger partial charge in [-0.15, -0.1) is 0 Å². The molecule has 0 aromatic heterocycles. The molecule has 18 heavy (non-hydrogen) atoms. The van der Waals surface area contributed by atoms with Crippen molar-refractivity contribution in [3.63, 3.8) is 0 Å². The monoisotopic (exact) mass is 254 g/mol. The minimum atomic E-state index is -0.200. The van der Waals surface area contributed by atoms with Crippen molar-refractivity contribution in [1.82, 2.24) is 10.2 Å². The predicted octanol–water partition coefficient (Wildman–Crippen LogP) is 1.40. The quantitative estimate of drug-likeness (QED) is 0.824. The molecule has 2 aliphatic heterocycles. The van der Waals surface area contributed by atoms with Gasteiger partial charge in [-0.3, -0.25) is 4.79 Å². The van der Waals surface area contributed by atoms with E-state index in [4.69, 9.17) is 4.74 Å². The van der Waals surface area contributed by atoms with E-state index in [0.29, 0.717) is 12.0 Å². The summed E-state index contributed by atoms with van der Waals surface area (Å²) in [5, 5.41) is 3.52. The Kier molecular flexibility index (Phi) is 5.01. The first kappa shape index (κ1) is 13.8. The summed E-state index contributed by atoms with van der Waals surface area (Å²) in [5.74, 6) is 0.531. The first-order valence-corrected chi connectivity index (χ1v) is 7.28. The molecule has 2 fully saturated rings. The first-order valence-electron chi connectivity index (χ1n) is 7.28. The number of nitrogens with one attached hydrogen (secondary N) is 1. The summed E-state index contributed by atoms with van der Waals surface area (Å²) >= 11 is 0. The fourth-order valence-corrected chi connectivity index (χ4v) is 2.86. The van der Waals surface area contributed by atoms with Gasteiger partial charge < -0.3 is 15.0 Å². The molecule has 3 unspecified atom stereocenters. The highest BCUT2D eigenvalue weighted by molar-refractivity contribution is 5.81. The number of carbonyl (C=O) groups is 1. The Morgan fingerprint density at radius 2 is 2.22 bits per heavy atom. The van der Waals surface area contributed by atoms with Crippen LogP contribution in [0.4, 0.5) is 0 Å². The van der Waals surface area contributed by atoms with Crippen LogP contribution in [0.1, 0.15) is 39.0 Å². The largest absolute Gasteiger partial charge is 0.368 e. The molecule has 3 atom stereocenters. The number of nitrogens with zero attached hydrogens (tertiary/aromatic N) is 1. The number of hydrogen-bond acceptors (Lipinski definition) is 3. The molecule has 0 bridgehead atoms. The lowest BCUT2D eigenvalue weighted by atomic mass is 10.0. The van der Waals surface area contributed by atoms with E-state index >= 15 is 0 Å². The van der Waals surface area contributed by atoms with Crippen molar-refractivity contribution >= 4 is 5.91 Å². The molecule has 104 valence electrons. The van der Waals surface area contributed by atoms with E-state index in [1.54, 1.807) is 0 Å². The molecular formula is C14H26N2O2. The van der Waals surface area contributed by atoms with Gasteiger partial charge >= 0.3 is 0 Å². The van der Waals surface area contributed by atoms with Crippen molar-refractivity contribution in [3.8, 4) is 0 Å². The predicted molar refractivity (Wildman–Crippen MR) is 71.4 cm³/mol. The van der Waals surface area contributed by atoms with E-state index in [2.05, 4.69) is 12.2 Å². The summed E-state index contributed by atoms with van der Waals surface area (Å²) in [7, 11) is 1.90. The fraction of sp³-hybridized carbons (Fsp3) is 0.929. The SMILES string of the molecule is CC1CCOC1C(=O)N(C)CCC1CCCCN1. The average Bonchev–Trinajstić information content (AvgIpc) is 2.82. The molecular weight excluding hydrogens is 228 g/mol. The Morgan fingerprint density at radius 1 is 1.39 bits per heavy atom. The zero-order valence-electron chi connectivity index (χ0n) is 11.7. The first-order chi connectivity index (χ1) is 8.68. The summed E-state index contributed by atoms with van der Waals surface area (Å²) in [6, 6.07) is 0.593. The zero-order chi connectivity index (χ0) is 13.0. The van der Waals surface area contributed by atoms with Crippen molar-refractivity contribution in [3.05, 3.63) is 0 Å². The van der Waals surface area contributed by atoms with E-state index in [0.717, 1.165) is 32.5 Å². The standard InChI is InChI=1S/C14H26N2O2/c1-11-7-10-18-13(11)14(17)16(2)9-6-12-5-3-4-8-15-12/h11-13,15H,3-10H2,1-2H3. The van der Waals surface area contributed by atoms with Crippen LogP contribution in [0.15, 0.2) is 0 Å². The van der Waals surface area contributed by atoms with Crippen molar-refractivity contribution in [2.45, 2.75) is 51.2 Å². The van der Waals surface area contributed by atoms with Crippen LogP contribution in [0, 0.1) is 5.92 Å². The lowest BCUT2D eigenvalue weighted by Crippen LogP contribution is -2.42. The van der Waals surface area contributed by atoms with Gasteiger partial charge in [0, 0.05) is 26.2 Å². The molecule has 4 heteroatoms. The third-order valence-electron chi connectivity index (χ3n) is 4.23. The molecule has 2 rings (SSSR count). The van der Waals surface area contributed by atoms with Crippen molar-refractivity contribution in [2.75, 3.05) is 26.7 Å². The smallest absolute Gasteiger partial charge is 0.251 e. The number of amides is 1. The molecule has 1 N–H and O–H groups in total. The lowest BCUT2D eigenvalue weighted by Gasteiger charge is -2.27. The van der Waals surface area contributed by atoms with Crippen LogP contribution < -0.4 is 5.32 Å². The van der Waals surface area contributed by atoms with Gasteiger partial charge in [0.05, 0.1) is 0 Å². The molecule has 0 saturated carbocycles. The Hall–Kier alpha value is -0.610. The highest BCUT2D eigenvalue weighted by Gasteiger charge is 2.32. The molecule has 2 heterocycles. The highest BCUT2D eigenvalue weighted by Crippen LogP contribution is 2.21. The van der Waals surface area contributed by atoms with E-state index in [1.165, 1.54) is 19.3 Å². The van der Waals surface area contributed by atoms with Gasteiger partial charge in [-0.2, -0.15) is 0 Å². The Bertz CT molecular complexity index is 277. The Balaban J connectivity index is 1.73. The number of ether oxygens (including phenoxy) is 1. The summed E-state index contributed by atoms with van der Waals surface area (Å²) in [6.07, 6.45) is 5.72. The van der Waals surface area contributed by atoms with Crippen LogP contribution in [0.25, 0.3) is 0 Å². The molecule has 0 aromatic rings. The van der Waals surface area contributed by atoms with Crippen molar-refractivity contribution in [1.29, 1.82) is 0 Å². The van der Waals surface area contributed by atoms with E-state index < -0.39 is 0 Å². The van der Waals surface area contributed by atoms with Gasteiger partial charge in [0.15, 0.2) is 0 Å². The number of hydrogen-bond donors (Lipinski definition) is 1. The van der Waals surface area contributed by atoms with Crippen molar-refractivity contribution in [2.24, 2.45) is 5.92 Å². The Morgan fingerprint density at radius 3 is 2.83 bits per heavy atom. The van der Waals surface area contributed by atoms with Crippen molar-refractivity contribution < 1.29 is 9.53 Å². The molecule has 2 aliphatic rings. The second-order valence-electron chi connectivity index (χ2n) is 5.75. The van der Waals surface area contributed by atoms with Gasteiger partial charge in [0.2, 0.25) is 0 Å². The minimum absolute atomic E-state index is 0.163. The van der Waals surface area contributed by atoms with Gasteiger partial charge in [0.25, 0.3) is 5.91 Å². The Labute approximate surface area is 110 Å². The van der Waals surface area contributed by atoms with Gasteiger partial charge in [-0.05, 0) is 38.1 Å². The number of carbonyl (C=O) groups excluding carboxylic acids is 1. The van der Waals surface area contributed by atoms with E-state index in [1.807, 2.05) is 11.9 Å². The van der Waals surface area contributed by atoms with Gasteiger partial charge in [0.1, 0.15) is 6.10 Å². The summed E-state index contributed by atoms with van der Waals surface area (Å²) in [4.78, 5) is 14.1. The summed E-state index contributed by atoms with van der Waals surface area (Å²) in [6.45, 7) is 4.80. The third kappa shape index (κ3) is 3.45. The summed E-state index contributed by atoms with van der Waals surface area (Å²) < 4.78 is 5.53. The molecule has 0 aliphatic carbocycles. The molecule has 0 spiro atoms. The number of rotatable bonds is 4. The zero-order valence-corrected chi connectivity index (χ0v) is 11.7. The minimum Gasteiger partial charge on any atom is -0.368 e. The highest BCUT2D eigenvalue weighted by atomic mass is 16.5. The third-order valence-corrected chi connectivity index (χ3v) is 4.23.